The Bertz CT molecular complexity index is 121. The van der Waals surface area contributed by atoms with Gasteiger partial charge in [0.15, 0.2) is 5.97 Å². The highest BCUT2D eigenvalue weighted by Gasteiger charge is 2.11. The molecule has 0 aromatic rings. The molecule has 0 spiro atoms. The standard InChI is InChI=1S/C8H14FN/c1-7(9)10-8-5-3-2-4-6-8/h8H,2-6H2,1H3. The van der Waals surface area contributed by atoms with Crippen molar-refractivity contribution >= 4 is 5.97 Å². The van der Waals surface area contributed by atoms with Gasteiger partial charge in [-0.15, -0.1) is 0 Å². The first-order valence-corrected chi connectivity index (χ1v) is 3.99. The molecule has 1 saturated carbocycles. The molecule has 10 heavy (non-hydrogen) atoms. The molecule has 1 nitrogen and oxygen atoms in total. The van der Waals surface area contributed by atoms with E-state index in [0.717, 1.165) is 12.8 Å². The Morgan fingerprint density at radius 1 is 1.30 bits per heavy atom. The Hall–Kier alpha value is -0.400. The van der Waals surface area contributed by atoms with Crippen LogP contribution in [0.4, 0.5) is 4.39 Å². The van der Waals surface area contributed by atoms with Gasteiger partial charge in [0, 0.05) is 6.92 Å². The predicted molar refractivity (Wildman–Crippen MR) is 41.1 cm³/mol. The second kappa shape index (κ2) is 3.69. The van der Waals surface area contributed by atoms with Gasteiger partial charge in [0.25, 0.3) is 0 Å². The minimum Gasteiger partial charge on any atom is -0.259 e. The lowest BCUT2D eigenvalue weighted by molar-refractivity contribution is 0.440. The van der Waals surface area contributed by atoms with Crippen LogP contribution in [0.25, 0.3) is 0 Å². The molecule has 0 bridgehead atoms. The Kier molecular flexibility index (Phi) is 2.84. The molecule has 0 saturated heterocycles. The van der Waals surface area contributed by atoms with Crippen LogP contribution < -0.4 is 0 Å². The van der Waals surface area contributed by atoms with Gasteiger partial charge in [-0.05, 0) is 12.8 Å². The highest BCUT2D eigenvalue weighted by atomic mass is 19.1. The Morgan fingerprint density at radius 3 is 2.40 bits per heavy atom. The van der Waals surface area contributed by atoms with Crippen LogP contribution in [0.5, 0.6) is 0 Å². The summed E-state index contributed by atoms with van der Waals surface area (Å²) in [5.74, 6) is -0.257. The zero-order valence-corrected chi connectivity index (χ0v) is 6.44. The smallest absolute Gasteiger partial charge is 0.181 e. The number of aliphatic imine (C=N–C) groups is 1. The maximum atomic E-state index is 12.2. The summed E-state index contributed by atoms with van der Waals surface area (Å²) in [6, 6.07) is 0.291. The summed E-state index contributed by atoms with van der Waals surface area (Å²) in [7, 11) is 0. The number of hydrogen-bond acceptors (Lipinski definition) is 1. The van der Waals surface area contributed by atoms with Crippen LogP contribution in [0.3, 0.4) is 0 Å². The quantitative estimate of drug-likeness (QED) is 0.500. The second-order valence-electron chi connectivity index (χ2n) is 2.92. The lowest BCUT2D eigenvalue weighted by Gasteiger charge is -2.16. The van der Waals surface area contributed by atoms with Gasteiger partial charge in [0.1, 0.15) is 0 Å². The molecular formula is C8H14FN. The Balaban J connectivity index is 2.33. The fraction of sp³-hybridized carbons (Fsp3) is 0.875. The first-order valence-electron chi connectivity index (χ1n) is 3.99. The van der Waals surface area contributed by atoms with E-state index in [4.69, 9.17) is 0 Å². The highest BCUT2D eigenvalue weighted by molar-refractivity contribution is 5.71. The summed E-state index contributed by atoms with van der Waals surface area (Å²) in [5.41, 5.74) is 0. The van der Waals surface area contributed by atoms with Crippen LogP contribution in [0.1, 0.15) is 39.0 Å². The average Bonchev–Trinajstić information content (AvgIpc) is 1.88. The molecule has 1 fully saturated rings. The van der Waals surface area contributed by atoms with E-state index in [1.165, 1.54) is 26.2 Å². The summed E-state index contributed by atoms with van der Waals surface area (Å²) in [6.45, 7) is 1.43. The van der Waals surface area contributed by atoms with E-state index >= 15 is 0 Å². The van der Waals surface area contributed by atoms with Crippen LogP contribution in [-0.4, -0.2) is 12.0 Å². The Labute approximate surface area is 61.3 Å². The molecule has 2 heteroatoms. The molecule has 0 radical (unpaired) electrons. The minimum absolute atomic E-state index is 0.257. The summed E-state index contributed by atoms with van der Waals surface area (Å²) >= 11 is 0. The van der Waals surface area contributed by atoms with Crippen LogP contribution in [0, 0.1) is 0 Å². The largest absolute Gasteiger partial charge is 0.259 e. The van der Waals surface area contributed by atoms with E-state index in [2.05, 4.69) is 4.99 Å². The van der Waals surface area contributed by atoms with Gasteiger partial charge in [-0.25, -0.2) is 0 Å². The lowest BCUT2D eigenvalue weighted by atomic mass is 9.96. The highest BCUT2D eigenvalue weighted by Crippen LogP contribution is 2.20. The van der Waals surface area contributed by atoms with Gasteiger partial charge in [-0.2, -0.15) is 4.39 Å². The molecular weight excluding hydrogens is 129 g/mol. The monoisotopic (exact) mass is 143 g/mol. The van der Waals surface area contributed by atoms with Crippen molar-refractivity contribution < 1.29 is 4.39 Å². The van der Waals surface area contributed by atoms with Crippen LogP contribution in [0.15, 0.2) is 4.99 Å². The van der Waals surface area contributed by atoms with Crippen molar-refractivity contribution in [2.75, 3.05) is 0 Å². The van der Waals surface area contributed by atoms with E-state index in [-0.39, 0.29) is 5.97 Å². The van der Waals surface area contributed by atoms with Gasteiger partial charge >= 0.3 is 0 Å². The van der Waals surface area contributed by atoms with E-state index in [1.807, 2.05) is 0 Å². The molecule has 1 rings (SSSR count). The van der Waals surface area contributed by atoms with Crippen LogP contribution in [-0.2, 0) is 0 Å². The molecule has 0 aliphatic heterocycles. The molecule has 0 amide bonds. The number of hydrogen-bond donors (Lipinski definition) is 0. The second-order valence-corrected chi connectivity index (χ2v) is 2.92. The van der Waals surface area contributed by atoms with E-state index < -0.39 is 0 Å². The van der Waals surface area contributed by atoms with Crippen molar-refractivity contribution in [3.63, 3.8) is 0 Å². The SMILES string of the molecule is CC(F)=NC1CCCCC1. The van der Waals surface area contributed by atoms with Gasteiger partial charge < -0.3 is 0 Å². The third kappa shape index (κ3) is 2.46. The molecule has 1 aliphatic rings. The zero-order valence-electron chi connectivity index (χ0n) is 6.44. The van der Waals surface area contributed by atoms with Gasteiger partial charge in [0.2, 0.25) is 0 Å². The molecule has 0 heterocycles. The van der Waals surface area contributed by atoms with Crippen LogP contribution in [0.2, 0.25) is 0 Å². The Morgan fingerprint density at radius 2 is 1.90 bits per heavy atom. The molecule has 0 unspecified atom stereocenters. The minimum atomic E-state index is -0.257. The lowest BCUT2D eigenvalue weighted by Crippen LogP contribution is -2.10. The predicted octanol–water partition coefficient (Wildman–Crippen LogP) is 2.71. The maximum Gasteiger partial charge on any atom is 0.181 e. The van der Waals surface area contributed by atoms with Gasteiger partial charge in [-0.1, -0.05) is 19.3 Å². The van der Waals surface area contributed by atoms with E-state index in [0.29, 0.717) is 6.04 Å². The van der Waals surface area contributed by atoms with Crippen molar-refractivity contribution in [1.82, 2.24) is 0 Å². The fourth-order valence-electron chi connectivity index (χ4n) is 1.46. The maximum absolute atomic E-state index is 12.2. The number of rotatable bonds is 1. The first-order chi connectivity index (χ1) is 4.79. The van der Waals surface area contributed by atoms with E-state index in [9.17, 15) is 4.39 Å². The van der Waals surface area contributed by atoms with Crippen molar-refractivity contribution in [3.8, 4) is 0 Å². The van der Waals surface area contributed by atoms with Gasteiger partial charge in [-0.3, -0.25) is 4.99 Å². The summed E-state index contributed by atoms with van der Waals surface area (Å²) < 4.78 is 12.2. The summed E-state index contributed by atoms with van der Waals surface area (Å²) in [5, 5.41) is 0. The van der Waals surface area contributed by atoms with Crippen molar-refractivity contribution in [3.05, 3.63) is 0 Å². The van der Waals surface area contributed by atoms with Crippen molar-refractivity contribution in [2.24, 2.45) is 4.99 Å². The topological polar surface area (TPSA) is 12.4 Å². The molecule has 1 aliphatic carbocycles. The van der Waals surface area contributed by atoms with E-state index in [1.54, 1.807) is 0 Å². The normalized spacial score (nSPS) is 23.2. The van der Waals surface area contributed by atoms with Crippen molar-refractivity contribution in [1.29, 1.82) is 0 Å². The van der Waals surface area contributed by atoms with Gasteiger partial charge in [0.05, 0.1) is 6.04 Å². The molecule has 58 valence electrons. The van der Waals surface area contributed by atoms with Crippen molar-refractivity contribution in [2.45, 2.75) is 45.1 Å². The zero-order chi connectivity index (χ0) is 7.40. The summed E-state index contributed by atoms with van der Waals surface area (Å²) in [4.78, 5) is 3.89. The fourth-order valence-corrected chi connectivity index (χ4v) is 1.46. The average molecular weight is 143 g/mol. The number of nitrogens with zero attached hydrogens (tertiary/aromatic N) is 1. The number of halogens is 1. The third-order valence-corrected chi connectivity index (χ3v) is 1.94. The van der Waals surface area contributed by atoms with Crippen LogP contribution >= 0.6 is 0 Å². The molecule has 0 aromatic heterocycles. The summed E-state index contributed by atoms with van der Waals surface area (Å²) in [6.07, 6.45) is 5.92. The molecule has 0 aromatic carbocycles. The molecule has 0 atom stereocenters. The third-order valence-electron chi connectivity index (χ3n) is 1.94. The molecule has 0 N–H and O–H groups in total. The first kappa shape index (κ1) is 7.70.